The Labute approximate surface area is 229 Å². The predicted molar refractivity (Wildman–Crippen MR) is 150 cm³/mol. The van der Waals surface area contributed by atoms with Crippen LogP contribution in [0.5, 0.6) is 0 Å². The lowest BCUT2D eigenvalue weighted by Crippen LogP contribution is -2.26. The Morgan fingerprint density at radius 3 is 1.38 bits per heavy atom. The second-order valence-electron chi connectivity index (χ2n) is 9.99. The second kappa shape index (κ2) is 12.7. The lowest BCUT2D eigenvalue weighted by atomic mass is 9.70. The molecule has 1 aliphatic rings. The zero-order valence-corrected chi connectivity index (χ0v) is 23.6. The first kappa shape index (κ1) is 29.6. The molecule has 0 radical (unpaired) electrons. The molecule has 3 rings (SSSR count). The predicted octanol–water partition coefficient (Wildman–Crippen LogP) is 6.58. The third-order valence-corrected chi connectivity index (χ3v) is 7.08. The van der Waals surface area contributed by atoms with Gasteiger partial charge in [-0.3, -0.25) is 9.59 Å². The van der Waals surface area contributed by atoms with Crippen LogP contribution in [-0.2, 0) is 24.7 Å². The highest BCUT2D eigenvalue weighted by Crippen LogP contribution is 2.54. The highest BCUT2D eigenvalue weighted by Gasteiger charge is 2.43. The van der Waals surface area contributed by atoms with Crippen molar-refractivity contribution in [3.63, 3.8) is 0 Å². The fraction of sp³-hybridized carbons (Fsp3) is 0.419. The molecule has 1 aliphatic carbocycles. The fourth-order valence-electron chi connectivity index (χ4n) is 5.16. The van der Waals surface area contributed by atoms with E-state index in [0.29, 0.717) is 11.1 Å². The van der Waals surface area contributed by atoms with E-state index >= 15 is 0 Å². The highest BCUT2D eigenvalue weighted by atomic mass is 16.7. The molecule has 0 heterocycles. The number of hydrogen-bond acceptors (Lipinski definition) is 8. The van der Waals surface area contributed by atoms with Gasteiger partial charge in [0.2, 0.25) is 11.6 Å². The van der Waals surface area contributed by atoms with Crippen LogP contribution in [0.3, 0.4) is 0 Å². The van der Waals surface area contributed by atoms with Crippen LogP contribution in [0.15, 0.2) is 46.7 Å². The number of ketones is 2. The molecule has 0 saturated carbocycles. The third kappa shape index (κ3) is 6.38. The number of unbranched alkanes of at least 4 members (excludes halogenated alkanes) is 2. The number of Topliss-reactive ketones (excluding diaryl/α,β-unsaturated/α-hetero) is 2. The van der Waals surface area contributed by atoms with Gasteiger partial charge >= 0.3 is 11.9 Å². The molecule has 0 atom stereocenters. The first-order valence-electron chi connectivity index (χ1n) is 13.4. The molecule has 0 spiro atoms. The summed E-state index contributed by atoms with van der Waals surface area (Å²) in [6, 6.07) is 11.3. The summed E-state index contributed by atoms with van der Waals surface area (Å²) < 4.78 is 0. The normalized spacial score (nSPS) is 13.9. The number of oxime groups is 2. The van der Waals surface area contributed by atoms with Crippen molar-refractivity contribution >= 4 is 34.9 Å². The molecule has 0 N–H and O–H groups in total. The maximum atomic E-state index is 13.2. The topological polar surface area (TPSA) is 111 Å². The molecule has 39 heavy (non-hydrogen) atoms. The fourth-order valence-corrected chi connectivity index (χ4v) is 5.16. The number of carbonyl (C=O) groups is 4. The van der Waals surface area contributed by atoms with Gasteiger partial charge in [0.15, 0.2) is 0 Å². The van der Waals surface area contributed by atoms with E-state index in [1.807, 2.05) is 24.3 Å². The number of benzene rings is 2. The summed E-state index contributed by atoms with van der Waals surface area (Å²) in [5.74, 6) is -1.82. The van der Waals surface area contributed by atoms with E-state index < -0.39 is 11.9 Å². The minimum atomic E-state index is -0.594. The van der Waals surface area contributed by atoms with Crippen LogP contribution in [0.25, 0.3) is 11.1 Å². The summed E-state index contributed by atoms with van der Waals surface area (Å²) >= 11 is 0. The van der Waals surface area contributed by atoms with Crippen LogP contribution in [0.2, 0.25) is 0 Å². The van der Waals surface area contributed by atoms with Crippen molar-refractivity contribution in [2.24, 2.45) is 10.3 Å². The van der Waals surface area contributed by atoms with Gasteiger partial charge < -0.3 is 9.68 Å². The Kier molecular flexibility index (Phi) is 9.67. The molecular weight excluding hydrogens is 496 g/mol. The molecule has 0 aliphatic heterocycles. The van der Waals surface area contributed by atoms with Crippen molar-refractivity contribution in [2.45, 2.75) is 85.5 Å². The standard InChI is InChI=1S/C31H36N2O6/c1-7-9-15-31(16-10-8-2)27-17-23(29(36)19(3)32-38-21(5)34)11-13-25(27)26-14-12-24(18-28(26)31)30(37)20(4)33-39-22(6)35/h11-14,17-18H,7-10,15-16H2,1-6H3/b32-19+,33-20+. The Balaban J connectivity index is 2.17. The Morgan fingerprint density at radius 2 is 1.05 bits per heavy atom. The molecule has 0 aromatic heterocycles. The smallest absolute Gasteiger partial charge is 0.318 e. The number of carbonyl (C=O) groups excluding carboxylic acids is 4. The Hall–Kier alpha value is -3.94. The third-order valence-electron chi connectivity index (χ3n) is 7.08. The summed E-state index contributed by atoms with van der Waals surface area (Å²) in [5.41, 5.74) is 4.90. The second-order valence-corrected chi connectivity index (χ2v) is 9.99. The van der Waals surface area contributed by atoms with Gasteiger partial charge in [-0.25, -0.2) is 9.59 Å². The molecule has 2 aromatic rings. The average Bonchev–Trinajstić information content (AvgIpc) is 3.19. The maximum absolute atomic E-state index is 13.2. The molecular formula is C31H36N2O6. The largest absolute Gasteiger partial charge is 0.331 e. The van der Waals surface area contributed by atoms with Crippen molar-refractivity contribution in [1.82, 2.24) is 0 Å². The van der Waals surface area contributed by atoms with Gasteiger partial charge in [-0.1, -0.05) is 74.1 Å². The van der Waals surface area contributed by atoms with E-state index in [2.05, 4.69) is 33.8 Å². The zero-order chi connectivity index (χ0) is 28.7. The Morgan fingerprint density at radius 1 is 0.667 bits per heavy atom. The van der Waals surface area contributed by atoms with Gasteiger partial charge in [-0.15, -0.1) is 0 Å². The minimum Gasteiger partial charge on any atom is -0.318 e. The lowest BCUT2D eigenvalue weighted by molar-refractivity contribution is -0.141. The Bertz CT molecular complexity index is 1250. The molecule has 206 valence electrons. The highest BCUT2D eigenvalue weighted by molar-refractivity contribution is 6.45. The quantitative estimate of drug-likeness (QED) is 0.132. The van der Waals surface area contributed by atoms with Crippen LogP contribution >= 0.6 is 0 Å². The van der Waals surface area contributed by atoms with Crippen molar-refractivity contribution in [2.75, 3.05) is 0 Å². The summed E-state index contributed by atoms with van der Waals surface area (Å²) in [6.45, 7) is 9.79. The number of rotatable bonds is 12. The molecule has 8 nitrogen and oxygen atoms in total. The van der Waals surface area contributed by atoms with Gasteiger partial charge in [0, 0.05) is 30.4 Å². The van der Waals surface area contributed by atoms with E-state index in [-0.39, 0.29) is 28.4 Å². The van der Waals surface area contributed by atoms with Crippen molar-refractivity contribution in [1.29, 1.82) is 0 Å². The number of fused-ring (bicyclic) bond motifs is 3. The number of hydrogen-bond donors (Lipinski definition) is 0. The van der Waals surface area contributed by atoms with E-state index in [9.17, 15) is 19.2 Å². The van der Waals surface area contributed by atoms with Crippen LogP contribution in [-0.4, -0.2) is 34.9 Å². The van der Waals surface area contributed by atoms with E-state index in [0.717, 1.165) is 60.8 Å². The minimum absolute atomic E-state index is 0.0869. The average molecular weight is 533 g/mol. The maximum Gasteiger partial charge on any atom is 0.331 e. The summed E-state index contributed by atoms with van der Waals surface area (Å²) in [4.78, 5) is 58.0. The van der Waals surface area contributed by atoms with Gasteiger partial charge in [0.1, 0.15) is 11.4 Å². The van der Waals surface area contributed by atoms with Crippen molar-refractivity contribution in [3.8, 4) is 11.1 Å². The lowest BCUT2D eigenvalue weighted by Gasteiger charge is -2.33. The van der Waals surface area contributed by atoms with Crippen LogP contribution in [0.4, 0.5) is 0 Å². The summed E-state index contributed by atoms with van der Waals surface area (Å²) in [5, 5.41) is 7.36. The van der Waals surface area contributed by atoms with E-state index in [1.54, 1.807) is 12.1 Å². The summed E-state index contributed by atoms with van der Waals surface area (Å²) in [7, 11) is 0. The van der Waals surface area contributed by atoms with Crippen molar-refractivity contribution < 1.29 is 28.9 Å². The van der Waals surface area contributed by atoms with Crippen molar-refractivity contribution in [3.05, 3.63) is 58.7 Å². The molecule has 8 heteroatoms. The molecule has 0 unspecified atom stereocenters. The van der Waals surface area contributed by atoms with E-state index in [4.69, 9.17) is 0 Å². The number of nitrogens with zero attached hydrogens (tertiary/aromatic N) is 2. The molecule has 0 saturated heterocycles. The molecule has 0 amide bonds. The van der Waals surface area contributed by atoms with Gasteiger partial charge in [-0.05, 0) is 61.1 Å². The molecule has 0 bridgehead atoms. The van der Waals surface area contributed by atoms with Crippen LogP contribution in [0.1, 0.15) is 112 Å². The van der Waals surface area contributed by atoms with Gasteiger partial charge in [0.05, 0.1) is 0 Å². The first-order chi connectivity index (χ1) is 18.5. The van der Waals surface area contributed by atoms with Crippen LogP contribution < -0.4 is 0 Å². The first-order valence-corrected chi connectivity index (χ1v) is 13.4. The SMILES string of the molecule is CCCCC1(CCCC)c2cc(C(=O)/C(C)=N/OC(C)=O)ccc2-c2ccc(C(=O)/C(C)=N/OC(C)=O)cc21. The van der Waals surface area contributed by atoms with Gasteiger partial charge in [0.25, 0.3) is 0 Å². The molecule has 0 fully saturated rings. The zero-order valence-electron chi connectivity index (χ0n) is 23.6. The van der Waals surface area contributed by atoms with Crippen LogP contribution in [0, 0.1) is 0 Å². The summed E-state index contributed by atoms with van der Waals surface area (Å²) in [6.07, 6.45) is 5.66. The van der Waals surface area contributed by atoms with Gasteiger partial charge in [-0.2, -0.15) is 0 Å². The van der Waals surface area contributed by atoms with E-state index in [1.165, 1.54) is 27.7 Å². The molecule has 2 aromatic carbocycles. The monoisotopic (exact) mass is 532 g/mol.